The van der Waals surface area contributed by atoms with Crippen molar-refractivity contribution in [3.05, 3.63) is 126 Å². The Balaban J connectivity index is 1.33. The summed E-state index contributed by atoms with van der Waals surface area (Å²) in [6.45, 7) is 0.345. The van der Waals surface area contributed by atoms with Gasteiger partial charge in [-0.3, -0.25) is 25.0 Å². The molecule has 1 heterocycles. The van der Waals surface area contributed by atoms with Crippen LogP contribution in [0.4, 0.5) is 16.2 Å². The van der Waals surface area contributed by atoms with E-state index in [1.807, 2.05) is 24.3 Å². The fourth-order valence-electron chi connectivity index (χ4n) is 4.38. The van der Waals surface area contributed by atoms with Gasteiger partial charge in [-0.05, 0) is 87.2 Å². The highest BCUT2D eigenvalue weighted by Crippen LogP contribution is 2.38. The molecule has 1 saturated heterocycles. The summed E-state index contributed by atoms with van der Waals surface area (Å²) in [5.41, 5.74) is 1.85. The van der Waals surface area contributed by atoms with E-state index in [2.05, 4.69) is 37.2 Å². The number of carbonyl (C=O) groups is 3. The highest BCUT2D eigenvalue weighted by atomic mass is 79.9. The van der Waals surface area contributed by atoms with Gasteiger partial charge in [-0.2, -0.15) is 0 Å². The van der Waals surface area contributed by atoms with Crippen molar-refractivity contribution in [3.8, 4) is 17.2 Å². The molecule has 1 aliphatic heterocycles. The molecule has 0 atom stereocenters. The predicted molar refractivity (Wildman–Crippen MR) is 172 cm³/mol. The topological polar surface area (TPSA) is 137 Å². The molecule has 0 bridgehead atoms. The van der Waals surface area contributed by atoms with E-state index in [1.54, 1.807) is 48.5 Å². The quantitative estimate of drug-likeness (QED) is 0.0799. The number of nitrogens with one attached hydrogen (secondary N) is 1. The number of methoxy groups -OCH3 is 1. The lowest BCUT2D eigenvalue weighted by Crippen LogP contribution is -2.54. The van der Waals surface area contributed by atoms with Crippen LogP contribution in [0.2, 0.25) is 0 Å². The largest absolute Gasteiger partial charge is 0.493 e. The van der Waals surface area contributed by atoms with Crippen molar-refractivity contribution in [3.63, 3.8) is 0 Å². The number of barbiturate groups is 1. The van der Waals surface area contributed by atoms with Gasteiger partial charge in [0.15, 0.2) is 11.5 Å². The molecule has 5 rings (SSSR count). The molecule has 1 aliphatic rings. The normalized spacial score (nSPS) is 13.9. The second-order valence-electron chi connectivity index (χ2n) is 9.62. The minimum absolute atomic E-state index is 0.0170. The Bertz CT molecular complexity index is 1830. The van der Waals surface area contributed by atoms with Gasteiger partial charge in [-0.25, -0.2) is 9.69 Å². The van der Waals surface area contributed by atoms with Crippen LogP contribution in [0.3, 0.4) is 0 Å². The predicted octanol–water partition coefficient (Wildman–Crippen LogP) is 6.95. The summed E-state index contributed by atoms with van der Waals surface area (Å²) in [4.78, 5) is 50.4. The van der Waals surface area contributed by atoms with Gasteiger partial charge in [0.2, 0.25) is 0 Å². The number of nitro benzene ring substituents is 1. The maximum absolute atomic E-state index is 13.4. The molecule has 228 valence electrons. The molecule has 0 spiro atoms. The molecule has 0 aromatic heterocycles. The minimum atomic E-state index is -0.880. The van der Waals surface area contributed by atoms with Crippen LogP contribution < -0.4 is 24.4 Å². The van der Waals surface area contributed by atoms with Gasteiger partial charge < -0.3 is 14.2 Å². The van der Waals surface area contributed by atoms with Crippen molar-refractivity contribution in [1.29, 1.82) is 0 Å². The molecule has 0 radical (unpaired) electrons. The minimum Gasteiger partial charge on any atom is -0.493 e. The Morgan fingerprint density at radius 1 is 0.889 bits per heavy atom. The first kappa shape index (κ1) is 31.4. The molecule has 13 heteroatoms. The van der Waals surface area contributed by atoms with Gasteiger partial charge in [0.25, 0.3) is 17.5 Å². The van der Waals surface area contributed by atoms with E-state index >= 15 is 0 Å². The third-order valence-corrected chi connectivity index (χ3v) is 7.70. The summed E-state index contributed by atoms with van der Waals surface area (Å²) in [7, 11) is 1.42. The zero-order chi connectivity index (χ0) is 32.1. The lowest BCUT2D eigenvalue weighted by atomic mass is 10.1. The van der Waals surface area contributed by atoms with Gasteiger partial charge in [-0.1, -0.05) is 40.2 Å². The first-order valence-corrected chi connectivity index (χ1v) is 14.8. The van der Waals surface area contributed by atoms with Crippen molar-refractivity contribution >= 4 is 67.2 Å². The number of benzene rings is 4. The number of carbonyl (C=O) groups excluding carboxylic acids is 3. The molecular formula is C32H23Br2N3O8. The molecule has 0 unspecified atom stereocenters. The molecule has 4 aromatic rings. The van der Waals surface area contributed by atoms with Gasteiger partial charge in [0, 0.05) is 16.6 Å². The SMILES string of the molecule is COc1cc(/C=C2\C(=O)NC(=O)N(c3ccc(OCc4ccc(Br)cc4)cc3)C2=O)cc(Br)c1OCc1cccc([N+](=O)[O-])c1. The third-order valence-electron chi connectivity index (χ3n) is 6.58. The van der Waals surface area contributed by atoms with Crippen LogP contribution in [-0.4, -0.2) is 29.9 Å². The van der Waals surface area contributed by atoms with Crippen LogP contribution in [0.1, 0.15) is 16.7 Å². The average Bonchev–Trinajstić information content (AvgIpc) is 3.02. The summed E-state index contributed by atoms with van der Waals surface area (Å²) in [5.74, 6) is -0.546. The number of urea groups is 1. The number of amides is 4. The maximum Gasteiger partial charge on any atom is 0.335 e. The monoisotopic (exact) mass is 735 g/mol. The Kier molecular flexibility index (Phi) is 9.59. The number of rotatable bonds is 10. The maximum atomic E-state index is 13.4. The van der Waals surface area contributed by atoms with E-state index in [1.165, 1.54) is 25.3 Å². The van der Waals surface area contributed by atoms with Gasteiger partial charge in [0.1, 0.15) is 24.5 Å². The Morgan fingerprint density at radius 3 is 2.29 bits per heavy atom. The van der Waals surface area contributed by atoms with Crippen molar-refractivity contribution in [2.75, 3.05) is 12.0 Å². The lowest BCUT2D eigenvalue weighted by Gasteiger charge is -2.26. The molecule has 4 aromatic carbocycles. The third kappa shape index (κ3) is 7.39. The second-order valence-corrected chi connectivity index (χ2v) is 11.4. The number of nitro groups is 1. The van der Waals surface area contributed by atoms with Gasteiger partial charge in [0.05, 0.1) is 22.2 Å². The summed E-state index contributed by atoms with van der Waals surface area (Å²) in [6.07, 6.45) is 1.34. The molecule has 1 N–H and O–H groups in total. The second kappa shape index (κ2) is 13.7. The summed E-state index contributed by atoms with van der Waals surface area (Å²) < 4.78 is 18.6. The van der Waals surface area contributed by atoms with Crippen LogP contribution in [0, 0.1) is 10.1 Å². The number of ether oxygens (including phenoxy) is 3. The van der Waals surface area contributed by atoms with Crippen molar-refractivity contribution in [1.82, 2.24) is 5.32 Å². The Labute approximate surface area is 273 Å². The molecule has 0 aliphatic carbocycles. The van der Waals surface area contributed by atoms with Gasteiger partial charge in [-0.15, -0.1) is 0 Å². The highest BCUT2D eigenvalue weighted by Gasteiger charge is 2.37. The lowest BCUT2D eigenvalue weighted by molar-refractivity contribution is -0.384. The number of anilines is 1. The van der Waals surface area contributed by atoms with Crippen molar-refractivity contribution < 1.29 is 33.5 Å². The van der Waals surface area contributed by atoms with Crippen LogP contribution in [0.5, 0.6) is 17.2 Å². The first-order chi connectivity index (χ1) is 21.6. The zero-order valence-electron chi connectivity index (χ0n) is 23.5. The number of hydrogen-bond donors (Lipinski definition) is 1. The van der Waals surface area contributed by atoms with Crippen LogP contribution in [-0.2, 0) is 22.8 Å². The number of hydrogen-bond acceptors (Lipinski definition) is 8. The molecule has 1 fully saturated rings. The fraction of sp³-hybridized carbons (Fsp3) is 0.0938. The molecular weight excluding hydrogens is 714 g/mol. The average molecular weight is 737 g/mol. The van der Waals surface area contributed by atoms with E-state index < -0.39 is 22.8 Å². The van der Waals surface area contributed by atoms with Crippen molar-refractivity contribution in [2.45, 2.75) is 13.2 Å². The van der Waals surface area contributed by atoms with Gasteiger partial charge >= 0.3 is 6.03 Å². The zero-order valence-corrected chi connectivity index (χ0v) is 26.7. The Morgan fingerprint density at radius 2 is 1.60 bits per heavy atom. The molecule has 4 amide bonds. The van der Waals surface area contributed by atoms with Crippen LogP contribution >= 0.6 is 31.9 Å². The number of nitrogens with zero attached hydrogens (tertiary/aromatic N) is 2. The molecule has 0 saturated carbocycles. The summed E-state index contributed by atoms with van der Waals surface area (Å²) in [5, 5.41) is 13.3. The van der Waals surface area contributed by atoms with E-state index in [4.69, 9.17) is 14.2 Å². The van der Waals surface area contributed by atoms with Crippen LogP contribution in [0.25, 0.3) is 6.08 Å². The van der Waals surface area contributed by atoms with E-state index in [9.17, 15) is 24.5 Å². The molecule has 11 nitrogen and oxygen atoms in total. The van der Waals surface area contributed by atoms with E-state index in [-0.39, 0.29) is 29.3 Å². The summed E-state index contributed by atoms with van der Waals surface area (Å²) >= 11 is 6.83. The summed E-state index contributed by atoms with van der Waals surface area (Å²) in [6, 6.07) is 22.4. The van der Waals surface area contributed by atoms with E-state index in [0.717, 1.165) is 14.9 Å². The highest BCUT2D eigenvalue weighted by molar-refractivity contribution is 9.10. The fourth-order valence-corrected chi connectivity index (χ4v) is 5.21. The molecule has 45 heavy (non-hydrogen) atoms. The van der Waals surface area contributed by atoms with Crippen molar-refractivity contribution in [2.24, 2.45) is 0 Å². The van der Waals surface area contributed by atoms with Crippen LogP contribution in [0.15, 0.2) is 99.4 Å². The number of halogens is 2. The number of non-ortho nitro benzene ring substituents is 1. The first-order valence-electron chi connectivity index (χ1n) is 13.3. The Hall–Kier alpha value is -5.01. The smallest absolute Gasteiger partial charge is 0.335 e. The number of imide groups is 2. The van der Waals surface area contributed by atoms with E-state index in [0.29, 0.717) is 33.7 Å². The standard InChI is InChI=1S/C32H23Br2N3O8/c1-43-28-16-21(15-27(34)29(28)45-18-20-3-2-4-24(13-20)37(41)42)14-26-30(38)35-32(40)36(31(26)39)23-9-11-25(12-10-23)44-17-19-5-7-22(33)8-6-19/h2-16H,17-18H2,1H3,(H,35,38,40)/b26-14+.